The van der Waals surface area contributed by atoms with E-state index in [9.17, 15) is 13.2 Å². The van der Waals surface area contributed by atoms with Crippen molar-refractivity contribution < 1.29 is 33.1 Å². The molecular formula is C15H15BBrF3O4. The summed E-state index contributed by atoms with van der Waals surface area (Å²) >= 11 is 3.31. The van der Waals surface area contributed by atoms with Gasteiger partial charge in [0, 0.05) is 4.47 Å². The Balaban J connectivity index is 0.000000243. The number of hydrogen-bond acceptors (Lipinski definition) is 4. The SMILES string of the molecule is OB(O)c1ccc(C(F)(F)F)cc1.OCCOc1ccc(Br)cc1. The maximum atomic E-state index is 12.0. The van der Waals surface area contributed by atoms with Crippen LogP contribution in [-0.2, 0) is 6.18 Å². The highest BCUT2D eigenvalue weighted by atomic mass is 79.9. The van der Waals surface area contributed by atoms with Gasteiger partial charge >= 0.3 is 13.3 Å². The first-order valence-corrected chi connectivity index (χ1v) is 7.56. The predicted molar refractivity (Wildman–Crippen MR) is 88.0 cm³/mol. The molecule has 0 aliphatic rings. The van der Waals surface area contributed by atoms with E-state index in [2.05, 4.69) is 15.9 Å². The lowest BCUT2D eigenvalue weighted by atomic mass is 9.80. The summed E-state index contributed by atoms with van der Waals surface area (Å²) < 4.78 is 42.1. The Labute approximate surface area is 145 Å². The fourth-order valence-electron chi connectivity index (χ4n) is 1.54. The van der Waals surface area contributed by atoms with Gasteiger partial charge in [0.2, 0.25) is 0 Å². The Hall–Kier alpha value is -1.55. The monoisotopic (exact) mass is 406 g/mol. The smallest absolute Gasteiger partial charge is 0.488 e. The van der Waals surface area contributed by atoms with Crippen molar-refractivity contribution in [3.05, 3.63) is 58.6 Å². The van der Waals surface area contributed by atoms with Gasteiger partial charge in [-0.15, -0.1) is 0 Å². The van der Waals surface area contributed by atoms with Crippen LogP contribution < -0.4 is 10.2 Å². The highest BCUT2D eigenvalue weighted by Gasteiger charge is 2.30. The minimum absolute atomic E-state index is 0.0352. The third kappa shape index (κ3) is 7.35. The van der Waals surface area contributed by atoms with Crippen molar-refractivity contribution in [2.24, 2.45) is 0 Å². The normalized spacial score (nSPS) is 10.6. The van der Waals surface area contributed by atoms with Crippen molar-refractivity contribution >= 4 is 28.5 Å². The average Bonchev–Trinajstić information content (AvgIpc) is 2.54. The van der Waals surface area contributed by atoms with Crippen LogP contribution >= 0.6 is 15.9 Å². The zero-order valence-electron chi connectivity index (χ0n) is 12.4. The van der Waals surface area contributed by atoms with Gasteiger partial charge in [0.05, 0.1) is 12.2 Å². The van der Waals surface area contributed by atoms with E-state index in [0.717, 1.165) is 34.5 Å². The van der Waals surface area contributed by atoms with Gasteiger partial charge in [-0.05, 0) is 29.7 Å². The zero-order chi connectivity index (χ0) is 18.2. The van der Waals surface area contributed by atoms with Gasteiger partial charge in [0.25, 0.3) is 0 Å². The molecule has 2 aromatic carbocycles. The van der Waals surface area contributed by atoms with Crippen molar-refractivity contribution in [2.45, 2.75) is 6.18 Å². The molecule has 0 aromatic heterocycles. The van der Waals surface area contributed by atoms with Gasteiger partial charge in [0.1, 0.15) is 12.4 Å². The second-order valence-corrected chi connectivity index (χ2v) is 5.44. The lowest BCUT2D eigenvalue weighted by Crippen LogP contribution is -2.29. The van der Waals surface area contributed by atoms with Gasteiger partial charge < -0.3 is 19.9 Å². The molecular weight excluding hydrogens is 392 g/mol. The largest absolute Gasteiger partial charge is 0.491 e. The molecule has 3 N–H and O–H groups in total. The van der Waals surface area contributed by atoms with Crippen LogP contribution in [0.25, 0.3) is 0 Å². The second kappa shape index (κ2) is 9.68. The van der Waals surface area contributed by atoms with E-state index in [0.29, 0.717) is 6.61 Å². The zero-order valence-corrected chi connectivity index (χ0v) is 14.0. The molecule has 0 bridgehead atoms. The molecule has 0 fully saturated rings. The molecule has 0 aliphatic carbocycles. The van der Waals surface area contributed by atoms with E-state index in [1.54, 1.807) is 0 Å². The van der Waals surface area contributed by atoms with Gasteiger partial charge in [-0.25, -0.2) is 0 Å². The van der Waals surface area contributed by atoms with E-state index in [1.165, 1.54) is 0 Å². The first-order valence-electron chi connectivity index (χ1n) is 6.76. The standard InChI is InChI=1S/C8H9BrO2.C7H6BF3O2/c9-7-1-3-8(4-2-7)11-6-5-10;9-7(10,11)5-1-3-6(4-2-5)8(12)13/h1-4,10H,5-6H2;1-4,12-13H. The summed E-state index contributed by atoms with van der Waals surface area (Å²) in [6.45, 7) is 0.400. The highest BCUT2D eigenvalue weighted by molar-refractivity contribution is 9.10. The summed E-state index contributed by atoms with van der Waals surface area (Å²) in [7, 11) is -1.73. The molecule has 2 rings (SSSR count). The Morgan fingerprint density at radius 1 is 0.958 bits per heavy atom. The second-order valence-electron chi connectivity index (χ2n) is 4.52. The predicted octanol–water partition coefficient (Wildman–Crippen LogP) is 2.21. The van der Waals surface area contributed by atoms with E-state index < -0.39 is 18.9 Å². The van der Waals surface area contributed by atoms with Crippen molar-refractivity contribution in [2.75, 3.05) is 13.2 Å². The van der Waals surface area contributed by atoms with Crippen LogP contribution in [-0.4, -0.2) is 35.5 Å². The molecule has 0 saturated heterocycles. The van der Waals surface area contributed by atoms with Crippen LogP contribution in [0.4, 0.5) is 13.2 Å². The summed E-state index contributed by atoms with van der Waals surface area (Å²) in [4.78, 5) is 0. The topological polar surface area (TPSA) is 69.9 Å². The molecule has 0 aliphatic heterocycles. The summed E-state index contributed by atoms with van der Waals surface area (Å²) in [5.41, 5.74) is -0.773. The molecule has 0 unspecified atom stereocenters. The van der Waals surface area contributed by atoms with Gasteiger partial charge in [-0.1, -0.05) is 40.2 Å². The molecule has 0 heterocycles. The number of aliphatic hydroxyl groups excluding tert-OH is 1. The molecule has 9 heteroatoms. The summed E-state index contributed by atoms with van der Waals surface area (Å²) in [6, 6.07) is 11.1. The van der Waals surface area contributed by atoms with E-state index in [-0.39, 0.29) is 12.1 Å². The summed E-state index contributed by atoms with van der Waals surface area (Å²) in [6.07, 6.45) is -4.39. The number of halogens is 4. The molecule has 0 spiro atoms. The van der Waals surface area contributed by atoms with Crippen LogP contribution in [0.1, 0.15) is 5.56 Å². The van der Waals surface area contributed by atoms with Gasteiger partial charge in [-0.3, -0.25) is 0 Å². The summed E-state index contributed by atoms with van der Waals surface area (Å²) in [5.74, 6) is 0.780. The summed E-state index contributed by atoms with van der Waals surface area (Å²) in [5, 5.41) is 25.6. The van der Waals surface area contributed by atoms with Gasteiger partial charge in [0.15, 0.2) is 0 Å². The number of alkyl halides is 3. The minimum atomic E-state index is -4.39. The quantitative estimate of drug-likeness (QED) is 0.681. The molecule has 0 atom stereocenters. The fourth-order valence-corrected chi connectivity index (χ4v) is 1.80. The number of ether oxygens (including phenoxy) is 1. The third-order valence-electron chi connectivity index (χ3n) is 2.71. The minimum Gasteiger partial charge on any atom is -0.491 e. The van der Waals surface area contributed by atoms with Crippen LogP contribution in [0.15, 0.2) is 53.0 Å². The van der Waals surface area contributed by atoms with E-state index in [1.807, 2.05) is 24.3 Å². The van der Waals surface area contributed by atoms with E-state index >= 15 is 0 Å². The lowest BCUT2D eigenvalue weighted by molar-refractivity contribution is -0.137. The number of aliphatic hydroxyl groups is 1. The first-order chi connectivity index (χ1) is 11.2. The number of hydrogen-bond donors (Lipinski definition) is 3. The van der Waals surface area contributed by atoms with Crippen molar-refractivity contribution in [1.29, 1.82) is 0 Å². The molecule has 0 radical (unpaired) electrons. The molecule has 130 valence electrons. The van der Waals surface area contributed by atoms with Crippen molar-refractivity contribution in [3.8, 4) is 5.75 Å². The molecule has 24 heavy (non-hydrogen) atoms. The maximum absolute atomic E-state index is 12.0. The highest BCUT2D eigenvalue weighted by Crippen LogP contribution is 2.28. The molecule has 4 nitrogen and oxygen atoms in total. The Morgan fingerprint density at radius 2 is 1.50 bits per heavy atom. The lowest BCUT2D eigenvalue weighted by Gasteiger charge is -2.06. The third-order valence-corrected chi connectivity index (χ3v) is 3.24. The van der Waals surface area contributed by atoms with Gasteiger partial charge in [-0.2, -0.15) is 13.2 Å². The maximum Gasteiger partial charge on any atom is 0.488 e. The first kappa shape index (κ1) is 20.5. The van der Waals surface area contributed by atoms with Crippen molar-refractivity contribution in [1.82, 2.24) is 0 Å². The number of rotatable bonds is 4. The average molecular weight is 407 g/mol. The molecule has 0 saturated carbocycles. The number of benzene rings is 2. The van der Waals surface area contributed by atoms with Crippen molar-refractivity contribution in [3.63, 3.8) is 0 Å². The Morgan fingerprint density at radius 3 is 1.92 bits per heavy atom. The Bertz CT molecular complexity index is 604. The van der Waals surface area contributed by atoms with Crippen LogP contribution in [0.2, 0.25) is 0 Å². The molecule has 0 amide bonds. The van der Waals surface area contributed by atoms with E-state index in [4.69, 9.17) is 19.9 Å². The molecule has 2 aromatic rings. The van der Waals surface area contributed by atoms with Crippen LogP contribution in [0.3, 0.4) is 0 Å². The van der Waals surface area contributed by atoms with Crippen LogP contribution in [0.5, 0.6) is 5.75 Å². The van der Waals surface area contributed by atoms with Crippen LogP contribution in [0, 0.1) is 0 Å². The Kier molecular flexibility index (Phi) is 8.27. The fraction of sp³-hybridized carbons (Fsp3) is 0.200.